The van der Waals surface area contributed by atoms with Gasteiger partial charge in [-0.2, -0.15) is 0 Å². The lowest BCUT2D eigenvalue weighted by Gasteiger charge is -2.06. The molecule has 5 heteroatoms. The highest BCUT2D eigenvalue weighted by Crippen LogP contribution is 2.27. The standard InChI is InChI=1S/C7H8NO3P/c8-5-3-1-2-4(7(9)10)6(5)11-12/h1-3H,8,12H2,(H,9,10). The number of hydrogen-bond acceptors (Lipinski definition) is 3. The SMILES string of the molecule is Nc1cccc(C(=O)O)c1OP. The predicted molar refractivity (Wildman–Crippen MR) is 48.2 cm³/mol. The lowest BCUT2D eigenvalue weighted by atomic mass is 10.2. The van der Waals surface area contributed by atoms with E-state index >= 15 is 0 Å². The number of nitrogen functional groups attached to an aromatic ring is 1. The maximum Gasteiger partial charge on any atom is 0.339 e. The largest absolute Gasteiger partial charge is 0.478 e. The van der Waals surface area contributed by atoms with Gasteiger partial charge >= 0.3 is 5.97 Å². The predicted octanol–water partition coefficient (Wildman–Crippen LogP) is 1.14. The lowest BCUT2D eigenvalue weighted by Crippen LogP contribution is -2.00. The molecule has 1 atom stereocenters. The number of aromatic carboxylic acids is 1. The van der Waals surface area contributed by atoms with Crippen LogP contribution in [0.5, 0.6) is 5.75 Å². The van der Waals surface area contributed by atoms with Gasteiger partial charge in [-0.05, 0) is 12.1 Å². The number of carboxylic acids is 1. The van der Waals surface area contributed by atoms with Crippen molar-refractivity contribution < 1.29 is 14.4 Å². The number of hydrogen-bond donors (Lipinski definition) is 2. The van der Waals surface area contributed by atoms with Gasteiger partial charge < -0.3 is 15.4 Å². The molecule has 4 nitrogen and oxygen atoms in total. The number of anilines is 1. The molecule has 0 spiro atoms. The molecule has 0 aliphatic carbocycles. The van der Waals surface area contributed by atoms with E-state index in [1.807, 2.05) is 9.47 Å². The fourth-order valence-corrected chi connectivity index (χ4v) is 1.12. The molecule has 0 aromatic heterocycles. The van der Waals surface area contributed by atoms with Gasteiger partial charge in [0, 0.05) is 0 Å². The molecule has 1 unspecified atom stereocenters. The van der Waals surface area contributed by atoms with Crippen molar-refractivity contribution in [1.82, 2.24) is 0 Å². The fraction of sp³-hybridized carbons (Fsp3) is 0. The van der Waals surface area contributed by atoms with E-state index in [1.165, 1.54) is 6.07 Å². The van der Waals surface area contributed by atoms with Crippen molar-refractivity contribution in [1.29, 1.82) is 0 Å². The van der Waals surface area contributed by atoms with E-state index < -0.39 is 5.97 Å². The van der Waals surface area contributed by atoms with Crippen molar-refractivity contribution >= 4 is 21.1 Å². The second kappa shape index (κ2) is 3.41. The summed E-state index contributed by atoms with van der Waals surface area (Å²) >= 11 is 0. The molecule has 0 aliphatic rings. The summed E-state index contributed by atoms with van der Waals surface area (Å²) in [6, 6.07) is 4.57. The lowest BCUT2D eigenvalue weighted by molar-refractivity contribution is 0.0695. The van der Waals surface area contributed by atoms with Gasteiger partial charge in [0.1, 0.15) is 5.56 Å². The Morgan fingerprint density at radius 3 is 2.67 bits per heavy atom. The topological polar surface area (TPSA) is 72.6 Å². The maximum absolute atomic E-state index is 10.6. The third-order valence-corrected chi connectivity index (χ3v) is 1.63. The number of rotatable bonds is 2. The van der Waals surface area contributed by atoms with Gasteiger partial charge in [-0.3, -0.25) is 0 Å². The summed E-state index contributed by atoms with van der Waals surface area (Å²) in [5, 5.41) is 8.68. The van der Waals surface area contributed by atoms with Crippen LogP contribution in [-0.4, -0.2) is 11.1 Å². The normalized spacial score (nSPS) is 9.42. The molecule has 0 radical (unpaired) electrons. The minimum atomic E-state index is -1.06. The summed E-state index contributed by atoms with van der Waals surface area (Å²) in [7, 11) is 1.96. The van der Waals surface area contributed by atoms with E-state index in [-0.39, 0.29) is 11.3 Å². The molecule has 12 heavy (non-hydrogen) atoms. The Labute approximate surface area is 71.6 Å². The van der Waals surface area contributed by atoms with Crippen LogP contribution in [-0.2, 0) is 0 Å². The average Bonchev–Trinajstić information content (AvgIpc) is 2.03. The van der Waals surface area contributed by atoms with E-state index in [9.17, 15) is 4.79 Å². The Hall–Kier alpha value is -1.28. The summed E-state index contributed by atoms with van der Waals surface area (Å²) in [4.78, 5) is 10.6. The average molecular weight is 185 g/mol. The Balaban J connectivity index is 3.27. The van der Waals surface area contributed by atoms with Crippen molar-refractivity contribution in [2.24, 2.45) is 0 Å². The molecular weight excluding hydrogens is 177 g/mol. The number of nitrogens with two attached hydrogens (primary N) is 1. The second-order valence-electron chi connectivity index (χ2n) is 2.15. The molecule has 1 aromatic carbocycles. The number of benzene rings is 1. The number of para-hydroxylation sites is 1. The highest BCUT2D eigenvalue weighted by molar-refractivity contribution is 7.10. The summed E-state index contributed by atoms with van der Waals surface area (Å²) in [5.41, 5.74) is 5.84. The molecule has 1 rings (SSSR count). The minimum absolute atomic E-state index is 0.0602. The minimum Gasteiger partial charge on any atom is -0.478 e. The summed E-state index contributed by atoms with van der Waals surface area (Å²) in [6.45, 7) is 0. The van der Waals surface area contributed by atoms with Gasteiger partial charge in [-0.1, -0.05) is 6.07 Å². The molecule has 64 valence electrons. The monoisotopic (exact) mass is 185 g/mol. The third kappa shape index (κ3) is 1.48. The molecule has 0 saturated heterocycles. The molecule has 0 aliphatic heterocycles. The van der Waals surface area contributed by atoms with Gasteiger partial charge in [0.25, 0.3) is 0 Å². The first kappa shape index (κ1) is 8.81. The van der Waals surface area contributed by atoms with Crippen LogP contribution in [0.4, 0.5) is 5.69 Å². The Morgan fingerprint density at radius 1 is 1.58 bits per heavy atom. The van der Waals surface area contributed by atoms with Crippen LogP contribution in [0.15, 0.2) is 18.2 Å². The molecule has 0 bridgehead atoms. The molecule has 0 fully saturated rings. The van der Waals surface area contributed by atoms with Crippen LogP contribution < -0.4 is 10.3 Å². The Kier molecular flexibility index (Phi) is 2.51. The van der Waals surface area contributed by atoms with Crippen LogP contribution in [0.1, 0.15) is 10.4 Å². The zero-order valence-corrected chi connectivity index (χ0v) is 7.31. The summed E-state index contributed by atoms with van der Waals surface area (Å²) < 4.78 is 4.75. The third-order valence-electron chi connectivity index (χ3n) is 1.39. The zero-order chi connectivity index (χ0) is 9.14. The van der Waals surface area contributed by atoms with E-state index in [1.54, 1.807) is 12.1 Å². The van der Waals surface area contributed by atoms with Crippen LogP contribution in [0.25, 0.3) is 0 Å². The van der Waals surface area contributed by atoms with Gasteiger partial charge in [0.2, 0.25) is 0 Å². The zero-order valence-electron chi connectivity index (χ0n) is 6.15. The number of carboxylic acid groups (broad SMARTS) is 1. The molecule has 0 amide bonds. The smallest absolute Gasteiger partial charge is 0.339 e. The van der Waals surface area contributed by atoms with Crippen LogP contribution in [0.2, 0.25) is 0 Å². The molecule has 1 aromatic rings. The van der Waals surface area contributed by atoms with Crippen LogP contribution in [0.3, 0.4) is 0 Å². The van der Waals surface area contributed by atoms with E-state index in [4.69, 9.17) is 15.4 Å². The van der Waals surface area contributed by atoms with Crippen molar-refractivity contribution in [3.63, 3.8) is 0 Å². The van der Waals surface area contributed by atoms with E-state index in [0.29, 0.717) is 5.69 Å². The summed E-state index contributed by atoms with van der Waals surface area (Å²) in [6.07, 6.45) is 0. The van der Waals surface area contributed by atoms with Crippen LogP contribution in [0, 0.1) is 0 Å². The van der Waals surface area contributed by atoms with E-state index in [0.717, 1.165) is 0 Å². The summed E-state index contributed by atoms with van der Waals surface area (Å²) in [5.74, 6) is -0.880. The van der Waals surface area contributed by atoms with Gasteiger partial charge in [0.15, 0.2) is 5.75 Å². The van der Waals surface area contributed by atoms with E-state index in [2.05, 4.69) is 0 Å². The molecular formula is C7H8NO3P. The maximum atomic E-state index is 10.6. The van der Waals surface area contributed by atoms with Crippen LogP contribution >= 0.6 is 9.47 Å². The first-order chi connectivity index (χ1) is 5.66. The molecule has 3 N–H and O–H groups in total. The Morgan fingerprint density at radius 2 is 2.25 bits per heavy atom. The highest BCUT2D eigenvalue weighted by Gasteiger charge is 2.12. The fourth-order valence-electron chi connectivity index (χ4n) is 0.855. The van der Waals surface area contributed by atoms with Gasteiger partial charge in [-0.25, -0.2) is 4.79 Å². The quantitative estimate of drug-likeness (QED) is 0.535. The van der Waals surface area contributed by atoms with Gasteiger partial charge in [0.05, 0.1) is 15.2 Å². The van der Waals surface area contributed by atoms with Crippen molar-refractivity contribution in [3.8, 4) is 5.75 Å². The van der Waals surface area contributed by atoms with Crippen molar-refractivity contribution in [3.05, 3.63) is 23.8 Å². The second-order valence-corrected chi connectivity index (χ2v) is 2.38. The highest BCUT2D eigenvalue weighted by atomic mass is 31.0. The Bertz CT molecular complexity index is 314. The van der Waals surface area contributed by atoms with Crippen molar-refractivity contribution in [2.45, 2.75) is 0 Å². The number of carbonyl (C=O) groups is 1. The van der Waals surface area contributed by atoms with Crippen molar-refractivity contribution in [2.75, 3.05) is 5.73 Å². The molecule has 0 saturated carbocycles. The molecule has 0 heterocycles. The first-order valence-electron chi connectivity index (χ1n) is 3.15. The van der Waals surface area contributed by atoms with Gasteiger partial charge in [-0.15, -0.1) is 0 Å². The first-order valence-corrected chi connectivity index (χ1v) is 3.62.